The topological polar surface area (TPSA) is 43.8 Å². The maximum Gasteiger partial charge on any atom is 0.317 e. The highest BCUT2D eigenvalue weighted by molar-refractivity contribution is 6.34. The number of benzene rings is 1. The van der Waals surface area contributed by atoms with Crippen molar-refractivity contribution in [2.75, 3.05) is 32.7 Å². The van der Waals surface area contributed by atoms with E-state index in [4.69, 9.17) is 28.3 Å². The summed E-state index contributed by atoms with van der Waals surface area (Å²) < 4.78 is 0. The third kappa shape index (κ3) is 4.94. The van der Waals surface area contributed by atoms with Crippen LogP contribution in [0.15, 0.2) is 18.2 Å². The molecule has 1 fully saturated rings. The SMILES string of the molecule is O=C(O)CN1CCCN(Cc2cc(Cl)cc(Cl)c2)CC1. The zero-order valence-electron chi connectivity index (χ0n) is 11.2. The van der Waals surface area contributed by atoms with Crippen LogP contribution in [0.2, 0.25) is 10.0 Å². The van der Waals surface area contributed by atoms with Gasteiger partial charge in [0.25, 0.3) is 0 Å². The molecule has 0 spiro atoms. The molecule has 1 aliphatic heterocycles. The minimum absolute atomic E-state index is 0.122. The molecule has 1 aromatic rings. The highest BCUT2D eigenvalue weighted by Gasteiger charge is 2.16. The van der Waals surface area contributed by atoms with E-state index in [9.17, 15) is 4.79 Å². The van der Waals surface area contributed by atoms with Crippen molar-refractivity contribution < 1.29 is 9.90 Å². The van der Waals surface area contributed by atoms with Crippen LogP contribution in [-0.2, 0) is 11.3 Å². The Kier molecular flexibility index (Phi) is 5.66. The van der Waals surface area contributed by atoms with Crippen LogP contribution < -0.4 is 0 Å². The molecule has 0 atom stereocenters. The van der Waals surface area contributed by atoms with Crippen molar-refractivity contribution in [1.29, 1.82) is 0 Å². The average Bonchev–Trinajstić information content (AvgIpc) is 2.53. The largest absolute Gasteiger partial charge is 0.480 e. The third-order valence-electron chi connectivity index (χ3n) is 3.37. The van der Waals surface area contributed by atoms with Crippen molar-refractivity contribution >= 4 is 29.2 Å². The lowest BCUT2D eigenvalue weighted by Gasteiger charge is -2.21. The number of carboxylic acid groups (broad SMARTS) is 1. The van der Waals surface area contributed by atoms with Gasteiger partial charge in [-0.2, -0.15) is 0 Å². The smallest absolute Gasteiger partial charge is 0.317 e. The second-order valence-corrected chi connectivity index (χ2v) is 5.95. The predicted octanol–water partition coefficient (Wildman–Crippen LogP) is 2.59. The minimum atomic E-state index is -0.764. The van der Waals surface area contributed by atoms with E-state index in [0.29, 0.717) is 10.0 Å². The Bertz CT molecular complexity index is 462. The molecule has 0 saturated carbocycles. The van der Waals surface area contributed by atoms with E-state index in [2.05, 4.69) is 4.90 Å². The highest BCUT2D eigenvalue weighted by atomic mass is 35.5. The van der Waals surface area contributed by atoms with Gasteiger partial charge in [-0.05, 0) is 36.7 Å². The summed E-state index contributed by atoms with van der Waals surface area (Å²) in [6, 6.07) is 5.57. The number of carboxylic acids is 1. The molecule has 6 heteroatoms. The van der Waals surface area contributed by atoms with E-state index < -0.39 is 5.97 Å². The van der Waals surface area contributed by atoms with Crippen LogP contribution in [0.25, 0.3) is 0 Å². The zero-order chi connectivity index (χ0) is 14.5. The normalized spacial score (nSPS) is 17.9. The number of hydrogen-bond donors (Lipinski definition) is 1. The molecule has 2 rings (SSSR count). The Balaban J connectivity index is 1.92. The molecule has 4 nitrogen and oxygen atoms in total. The number of hydrogen-bond acceptors (Lipinski definition) is 3. The van der Waals surface area contributed by atoms with Gasteiger partial charge in [0, 0.05) is 36.2 Å². The molecule has 1 aromatic carbocycles. The van der Waals surface area contributed by atoms with Crippen molar-refractivity contribution in [3.05, 3.63) is 33.8 Å². The first-order chi connectivity index (χ1) is 9.52. The Hall–Kier alpha value is -0.810. The number of aliphatic carboxylic acids is 1. The maximum atomic E-state index is 10.7. The molecule has 1 N–H and O–H groups in total. The molecule has 0 radical (unpaired) electrons. The fraction of sp³-hybridized carbons (Fsp3) is 0.500. The van der Waals surface area contributed by atoms with Crippen molar-refractivity contribution in [2.45, 2.75) is 13.0 Å². The summed E-state index contributed by atoms with van der Waals surface area (Å²) in [4.78, 5) is 15.0. The number of carbonyl (C=O) groups is 1. The lowest BCUT2D eigenvalue weighted by molar-refractivity contribution is -0.138. The van der Waals surface area contributed by atoms with Gasteiger partial charge in [-0.3, -0.25) is 14.6 Å². The van der Waals surface area contributed by atoms with Crippen molar-refractivity contribution in [1.82, 2.24) is 9.80 Å². The lowest BCUT2D eigenvalue weighted by atomic mass is 10.2. The van der Waals surface area contributed by atoms with Crippen LogP contribution >= 0.6 is 23.2 Å². The monoisotopic (exact) mass is 316 g/mol. The van der Waals surface area contributed by atoms with Crippen molar-refractivity contribution in [2.24, 2.45) is 0 Å². The van der Waals surface area contributed by atoms with Crippen LogP contribution in [0, 0.1) is 0 Å². The number of nitrogens with zero attached hydrogens (tertiary/aromatic N) is 2. The highest BCUT2D eigenvalue weighted by Crippen LogP contribution is 2.20. The van der Waals surface area contributed by atoms with E-state index in [1.807, 2.05) is 17.0 Å². The van der Waals surface area contributed by atoms with Gasteiger partial charge in [-0.15, -0.1) is 0 Å². The molecular weight excluding hydrogens is 299 g/mol. The molecule has 0 unspecified atom stereocenters. The summed E-state index contributed by atoms with van der Waals surface area (Å²) in [6.45, 7) is 4.34. The predicted molar refractivity (Wildman–Crippen MR) is 80.4 cm³/mol. The van der Waals surface area contributed by atoms with Gasteiger partial charge in [0.05, 0.1) is 6.54 Å². The molecule has 0 aliphatic carbocycles. The van der Waals surface area contributed by atoms with E-state index >= 15 is 0 Å². The van der Waals surface area contributed by atoms with Gasteiger partial charge in [0.15, 0.2) is 0 Å². The molecule has 1 aliphatic rings. The van der Waals surface area contributed by atoms with Crippen LogP contribution in [-0.4, -0.2) is 53.6 Å². The summed E-state index contributed by atoms with van der Waals surface area (Å²) in [5.41, 5.74) is 1.09. The molecular formula is C14H18Cl2N2O2. The van der Waals surface area contributed by atoms with Crippen LogP contribution in [0.5, 0.6) is 0 Å². The molecule has 0 aromatic heterocycles. The van der Waals surface area contributed by atoms with E-state index in [0.717, 1.165) is 44.7 Å². The Morgan fingerprint density at radius 2 is 1.65 bits per heavy atom. The lowest BCUT2D eigenvalue weighted by Crippen LogP contribution is -2.34. The number of rotatable bonds is 4. The van der Waals surface area contributed by atoms with Crippen molar-refractivity contribution in [3.63, 3.8) is 0 Å². The average molecular weight is 317 g/mol. The van der Waals surface area contributed by atoms with Gasteiger partial charge in [-0.25, -0.2) is 0 Å². The quantitative estimate of drug-likeness (QED) is 0.927. The second-order valence-electron chi connectivity index (χ2n) is 5.08. The summed E-state index contributed by atoms with van der Waals surface area (Å²) in [6.07, 6.45) is 0.974. The zero-order valence-corrected chi connectivity index (χ0v) is 12.7. The molecule has 1 heterocycles. The van der Waals surface area contributed by atoms with Gasteiger partial charge in [-0.1, -0.05) is 23.2 Å². The van der Waals surface area contributed by atoms with Gasteiger partial charge < -0.3 is 5.11 Å². The first-order valence-electron chi connectivity index (χ1n) is 6.64. The fourth-order valence-electron chi connectivity index (χ4n) is 2.49. The Morgan fingerprint density at radius 1 is 1.05 bits per heavy atom. The molecule has 1 saturated heterocycles. The molecule has 110 valence electrons. The summed E-state index contributed by atoms with van der Waals surface area (Å²) in [7, 11) is 0. The minimum Gasteiger partial charge on any atom is -0.480 e. The van der Waals surface area contributed by atoms with E-state index in [-0.39, 0.29) is 6.54 Å². The summed E-state index contributed by atoms with van der Waals surface area (Å²) in [5, 5.41) is 10.1. The Labute approximate surface area is 128 Å². The standard InChI is InChI=1S/C14H18Cl2N2O2/c15-12-6-11(7-13(16)8-12)9-17-2-1-3-18(5-4-17)10-14(19)20/h6-8H,1-5,9-10H2,(H,19,20). The third-order valence-corrected chi connectivity index (χ3v) is 3.80. The Morgan fingerprint density at radius 3 is 2.30 bits per heavy atom. The maximum absolute atomic E-state index is 10.7. The van der Waals surface area contributed by atoms with Gasteiger partial charge >= 0.3 is 5.97 Å². The van der Waals surface area contributed by atoms with Gasteiger partial charge in [0.1, 0.15) is 0 Å². The molecule has 20 heavy (non-hydrogen) atoms. The fourth-order valence-corrected chi connectivity index (χ4v) is 3.06. The van der Waals surface area contributed by atoms with E-state index in [1.54, 1.807) is 6.07 Å². The van der Waals surface area contributed by atoms with Crippen LogP contribution in [0.1, 0.15) is 12.0 Å². The van der Waals surface area contributed by atoms with E-state index in [1.165, 1.54) is 0 Å². The second kappa shape index (κ2) is 7.27. The summed E-state index contributed by atoms with van der Waals surface area (Å²) >= 11 is 12.0. The summed E-state index contributed by atoms with van der Waals surface area (Å²) in [5.74, 6) is -0.764. The van der Waals surface area contributed by atoms with Crippen molar-refractivity contribution in [3.8, 4) is 0 Å². The first kappa shape index (κ1) is 15.6. The molecule has 0 bridgehead atoms. The van der Waals surface area contributed by atoms with Gasteiger partial charge in [0.2, 0.25) is 0 Å². The van der Waals surface area contributed by atoms with Crippen LogP contribution in [0.3, 0.4) is 0 Å². The first-order valence-corrected chi connectivity index (χ1v) is 7.40. The van der Waals surface area contributed by atoms with Crippen LogP contribution in [0.4, 0.5) is 0 Å². The number of halogens is 2. The molecule has 0 amide bonds.